The van der Waals surface area contributed by atoms with Crippen molar-refractivity contribution < 1.29 is 9.18 Å². The highest BCUT2D eigenvalue weighted by molar-refractivity contribution is 5.87. The van der Waals surface area contributed by atoms with Crippen LogP contribution in [0, 0.1) is 17.1 Å². The number of amides is 1. The molecule has 1 aliphatic carbocycles. The Kier molecular flexibility index (Phi) is 7.56. The average Bonchev–Trinajstić information content (AvgIpc) is 3.65. The van der Waals surface area contributed by atoms with E-state index in [9.17, 15) is 14.4 Å². The predicted octanol–water partition coefficient (Wildman–Crippen LogP) is 2.79. The average molecular weight is 559 g/mol. The van der Waals surface area contributed by atoms with Crippen LogP contribution in [0.1, 0.15) is 36.1 Å². The standard InChI is InChI=1S/C31H39FN8O/c1-4-28(41)39-17-16-37(20-24(39)10-13-33)30-25-9-8-22(40-15-11-21-6-5-7-26(32)29(21)40)18-27(25)34-31(35-30)38-14-12-23(19-38)36(2)3/h4-7,22-24H,1,8-12,14-20H2,2-3H3/t22?,23-,24+/m1/s1. The van der Waals surface area contributed by atoms with Crippen molar-refractivity contribution in [1.82, 2.24) is 19.8 Å². The first-order valence-electron chi connectivity index (χ1n) is 14.8. The second-order valence-corrected chi connectivity index (χ2v) is 11.9. The molecule has 1 aromatic heterocycles. The number of halogens is 1. The number of anilines is 3. The lowest BCUT2D eigenvalue weighted by molar-refractivity contribution is -0.128. The molecule has 3 atom stereocenters. The Morgan fingerprint density at radius 2 is 2.00 bits per heavy atom. The van der Waals surface area contributed by atoms with Crippen molar-refractivity contribution in [3.8, 4) is 6.07 Å². The van der Waals surface area contributed by atoms with Crippen molar-refractivity contribution in [1.29, 1.82) is 5.26 Å². The zero-order valence-corrected chi connectivity index (χ0v) is 24.1. The number of aromatic nitrogens is 2. The van der Waals surface area contributed by atoms with Gasteiger partial charge in [0, 0.05) is 63.3 Å². The van der Waals surface area contributed by atoms with E-state index in [1.54, 1.807) is 17.0 Å². The van der Waals surface area contributed by atoms with Gasteiger partial charge in [0.1, 0.15) is 11.6 Å². The molecule has 0 spiro atoms. The molecule has 41 heavy (non-hydrogen) atoms. The van der Waals surface area contributed by atoms with Gasteiger partial charge in [0.15, 0.2) is 0 Å². The Morgan fingerprint density at radius 3 is 2.76 bits per heavy atom. The number of carbonyl (C=O) groups excluding carboxylic acids is 1. The van der Waals surface area contributed by atoms with Crippen molar-refractivity contribution in [3.63, 3.8) is 0 Å². The topological polar surface area (TPSA) is 82.8 Å². The van der Waals surface area contributed by atoms with Crippen LogP contribution >= 0.6 is 0 Å². The summed E-state index contributed by atoms with van der Waals surface area (Å²) in [7, 11) is 4.23. The molecule has 0 N–H and O–H groups in total. The lowest BCUT2D eigenvalue weighted by Crippen LogP contribution is -2.55. The molecule has 2 aromatic rings. The van der Waals surface area contributed by atoms with Gasteiger partial charge in [-0.25, -0.2) is 9.37 Å². The molecular weight excluding hydrogens is 519 g/mol. The summed E-state index contributed by atoms with van der Waals surface area (Å²) in [4.78, 5) is 33.7. The fraction of sp³-hybridized carbons (Fsp3) is 0.548. The van der Waals surface area contributed by atoms with Crippen LogP contribution in [0.3, 0.4) is 0 Å². The van der Waals surface area contributed by atoms with Gasteiger partial charge in [-0.2, -0.15) is 10.2 Å². The third-order valence-corrected chi connectivity index (χ3v) is 9.38. The van der Waals surface area contributed by atoms with E-state index in [0.717, 1.165) is 86.0 Å². The second-order valence-electron chi connectivity index (χ2n) is 11.9. The van der Waals surface area contributed by atoms with Crippen molar-refractivity contribution in [2.45, 2.75) is 56.7 Å². The number of hydrogen-bond acceptors (Lipinski definition) is 8. The maximum atomic E-state index is 14.9. The Bertz CT molecular complexity index is 1370. The number of piperazine rings is 1. The van der Waals surface area contributed by atoms with E-state index in [1.165, 1.54) is 6.08 Å². The molecule has 10 heteroatoms. The van der Waals surface area contributed by atoms with Gasteiger partial charge in [0.25, 0.3) is 0 Å². The molecular formula is C31H39FN8O. The summed E-state index contributed by atoms with van der Waals surface area (Å²) in [5, 5.41) is 9.52. The fourth-order valence-electron chi connectivity index (χ4n) is 7.12. The summed E-state index contributed by atoms with van der Waals surface area (Å²) in [6.07, 6.45) is 5.97. The third-order valence-electron chi connectivity index (χ3n) is 9.38. The van der Waals surface area contributed by atoms with Crippen LogP contribution in [0.4, 0.5) is 21.8 Å². The number of para-hydroxylation sites is 1. The minimum Gasteiger partial charge on any atom is -0.365 e. The summed E-state index contributed by atoms with van der Waals surface area (Å²) < 4.78 is 14.9. The van der Waals surface area contributed by atoms with Gasteiger partial charge in [-0.15, -0.1) is 0 Å². The van der Waals surface area contributed by atoms with Crippen LogP contribution in [0.2, 0.25) is 0 Å². The van der Waals surface area contributed by atoms with Crippen molar-refractivity contribution in [2.24, 2.45) is 0 Å². The Morgan fingerprint density at radius 1 is 1.15 bits per heavy atom. The van der Waals surface area contributed by atoms with Crippen LogP contribution < -0.4 is 14.7 Å². The molecule has 0 saturated carbocycles. The Labute approximate surface area is 241 Å². The molecule has 0 radical (unpaired) electrons. The minimum atomic E-state index is -0.223. The quantitative estimate of drug-likeness (QED) is 0.501. The molecule has 1 amide bonds. The van der Waals surface area contributed by atoms with Gasteiger partial charge in [-0.05, 0) is 57.5 Å². The number of rotatable bonds is 6. The molecule has 0 bridgehead atoms. The smallest absolute Gasteiger partial charge is 0.246 e. The number of nitriles is 1. The van der Waals surface area contributed by atoms with Crippen LogP contribution in [0.25, 0.3) is 0 Å². The number of nitrogens with zero attached hydrogens (tertiary/aromatic N) is 8. The molecule has 6 rings (SSSR count). The predicted molar refractivity (Wildman–Crippen MR) is 158 cm³/mol. The molecule has 9 nitrogen and oxygen atoms in total. The highest BCUT2D eigenvalue weighted by atomic mass is 19.1. The van der Waals surface area contributed by atoms with Gasteiger partial charge in [0.05, 0.1) is 29.9 Å². The summed E-state index contributed by atoms with van der Waals surface area (Å²) in [5.41, 5.74) is 4.04. The fourth-order valence-corrected chi connectivity index (χ4v) is 7.12. The molecule has 216 valence electrons. The first-order chi connectivity index (χ1) is 19.9. The number of benzene rings is 1. The van der Waals surface area contributed by atoms with Gasteiger partial charge in [-0.1, -0.05) is 18.7 Å². The van der Waals surface area contributed by atoms with E-state index < -0.39 is 0 Å². The van der Waals surface area contributed by atoms with Gasteiger partial charge in [0.2, 0.25) is 11.9 Å². The van der Waals surface area contributed by atoms with E-state index in [2.05, 4.69) is 46.3 Å². The highest BCUT2D eigenvalue weighted by Crippen LogP contribution is 2.38. The molecule has 1 unspecified atom stereocenters. The van der Waals surface area contributed by atoms with Crippen LogP contribution in [0.5, 0.6) is 0 Å². The van der Waals surface area contributed by atoms with Crippen molar-refractivity contribution >= 4 is 23.4 Å². The summed E-state index contributed by atoms with van der Waals surface area (Å²) in [6, 6.07) is 8.08. The summed E-state index contributed by atoms with van der Waals surface area (Å²) in [6.45, 7) is 7.95. The van der Waals surface area contributed by atoms with Crippen LogP contribution in [-0.2, 0) is 24.1 Å². The van der Waals surface area contributed by atoms with Gasteiger partial charge in [-0.3, -0.25) is 4.79 Å². The van der Waals surface area contributed by atoms with E-state index in [1.807, 2.05) is 6.07 Å². The number of hydrogen-bond donors (Lipinski definition) is 0. The van der Waals surface area contributed by atoms with Gasteiger partial charge < -0.3 is 24.5 Å². The lowest BCUT2D eigenvalue weighted by atomic mass is 9.90. The molecule has 2 fully saturated rings. The summed E-state index contributed by atoms with van der Waals surface area (Å²) >= 11 is 0. The van der Waals surface area contributed by atoms with Gasteiger partial charge >= 0.3 is 0 Å². The highest BCUT2D eigenvalue weighted by Gasteiger charge is 2.37. The van der Waals surface area contributed by atoms with Crippen LogP contribution in [0.15, 0.2) is 30.9 Å². The maximum absolute atomic E-state index is 14.9. The monoisotopic (exact) mass is 558 g/mol. The SMILES string of the molecule is C=CC(=O)N1CCN(c2nc(N3CC[C@@H](N(C)C)C3)nc3c2CCC(N2CCc4cccc(F)c42)C3)C[C@@H]1CC#N. The van der Waals surface area contributed by atoms with E-state index in [0.29, 0.717) is 25.7 Å². The summed E-state index contributed by atoms with van der Waals surface area (Å²) in [5.74, 6) is 1.40. The largest absolute Gasteiger partial charge is 0.365 e. The van der Waals surface area contributed by atoms with Crippen molar-refractivity contribution in [3.05, 3.63) is 53.5 Å². The normalized spacial score (nSPS) is 23.9. The maximum Gasteiger partial charge on any atom is 0.246 e. The van der Waals surface area contributed by atoms with E-state index in [-0.39, 0.29) is 30.2 Å². The molecule has 1 aromatic carbocycles. The second kappa shape index (κ2) is 11.3. The lowest BCUT2D eigenvalue weighted by Gasteiger charge is -2.42. The van der Waals surface area contributed by atoms with Crippen LogP contribution in [-0.4, -0.2) is 97.2 Å². The third kappa shape index (κ3) is 5.12. The molecule has 3 aliphatic heterocycles. The molecule has 4 aliphatic rings. The zero-order valence-electron chi connectivity index (χ0n) is 24.1. The number of carbonyl (C=O) groups is 1. The Hall–Kier alpha value is -3.71. The van der Waals surface area contributed by atoms with E-state index >= 15 is 0 Å². The van der Waals surface area contributed by atoms with E-state index in [4.69, 9.17) is 9.97 Å². The minimum absolute atomic E-state index is 0.136. The molecule has 4 heterocycles. The molecule has 2 saturated heterocycles. The first-order valence-corrected chi connectivity index (χ1v) is 14.8. The number of fused-ring (bicyclic) bond motifs is 2. The number of likely N-dealkylation sites (N-methyl/N-ethyl adjacent to an activating group) is 1. The Balaban J connectivity index is 1.34. The zero-order chi connectivity index (χ0) is 28.7. The van der Waals surface area contributed by atoms with Crippen molar-refractivity contribution in [2.75, 3.05) is 68.1 Å². The first kappa shape index (κ1) is 27.5.